The Balaban J connectivity index is 0.00000288. The highest BCUT2D eigenvalue weighted by Crippen LogP contribution is 2.29. The monoisotopic (exact) mass is 371 g/mol. The van der Waals surface area contributed by atoms with E-state index in [0.717, 1.165) is 30.0 Å². The van der Waals surface area contributed by atoms with Crippen LogP contribution in [0.2, 0.25) is 0 Å². The van der Waals surface area contributed by atoms with E-state index in [2.05, 4.69) is 12.2 Å². The van der Waals surface area contributed by atoms with Gasteiger partial charge >= 0.3 is 0 Å². The van der Waals surface area contributed by atoms with E-state index in [0.29, 0.717) is 18.0 Å². The fraction of sp³-hybridized carbons (Fsp3) is 0.529. The first kappa shape index (κ1) is 20.8. The van der Waals surface area contributed by atoms with Gasteiger partial charge in [-0.25, -0.2) is 0 Å². The summed E-state index contributed by atoms with van der Waals surface area (Å²) < 4.78 is 0. The van der Waals surface area contributed by atoms with Gasteiger partial charge in [0.25, 0.3) is 5.91 Å². The molecule has 1 aromatic carbocycles. The summed E-state index contributed by atoms with van der Waals surface area (Å²) in [5.41, 5.74) is 7.25. The molecule has 0 radical (unpaired) electrons. The van der Waals surface area contributed by atoms with E-state index >= 15 is 0 Å². The first-order valence-corrected chi connectivity index (χ1v) is 9.15. The van der Waals surface area contributed by atoms with Crippen molar-refractivity contribution < 1.29 is 9.59 Å². The largest absolute Gasteiger partial charge is 0.334 e. The summed E-state index contributed by atoms with van der Waals surface area (Å²) in [6.07, 6.45) is 3.91. The Hall–Kier alpha value is -1.24. The van der Waals surface area contributed by atoms with Crippen molar-refractivity contribution in [2.24, 2.45) is 11.7 Å². The van der Waals surface area contributed by atoms with Gasteiger partial charge in [-0.3, -0.25) is 9.59 Å². The fourth-order valence-corrected chi connectivity index (χ4v) is 3.61. The molecule has 0 aliphatic carbocycles. The van der Waals surface area contributed by atoms with Gasteiger partial charge in [0.1, 0.15) is 0 Å². The van der Waals surface area contributed by atoms with Crippen LogP contribution in [0, 0.1) is 5.92 Å². The fourth-order valence-electron chi connectivity index (χ4n) is 3.03. The molecule has 134 valence electrons. The van der Waals surface area contributed by atoms with Crippen molar-refractivity contribution in [3.05, 3.63) is 23.8 Å². The minimum absolute atomic E-state index is 0. The number of rotatable bonds is 4. The number of nitrogens with zero attached hydrogens (tertiary/aromatic N) is 1. The van der Waals surface area contributed by atoms with Crippen molar-refractivity contribution in [2.75, 3.05) is 24.7 Å². The molecule has 1 heterocycles. The molecule has 5 nitrogen and oxygen atoms in total. The molecule has 2 atom stereocenters. The van der Waals surface area contributed by atoms with Gasteiger partial charge in [-0.2, -0.15) is 0 Å². The summed E-state index contributed by atoms with van der Waals surface area (Å²) in [6.45, 7) is 4.93. The Morgan fingerprint density at radius 1 is 1.42 bits per heavy atom. The Labute approximate surface area is 154 Å². The molecule has 1 aliphatic rings. The molecule has 2 rings (SSSR count). The van der Waals surface area contributed by atoms with Crippen molar-refractivity contribution in [2.45, 2.75) is 37.6 Å². The van der Waals surface area contributed by atoms with E-state index in [1.54, 1.807) is 12.1 Å². The lowest BCUT2D eigenvalue weighted by molar-refractivity contribution is -0.114. The second-order valence-electron chi connectivity index (χ2n) is 6.11. The van der Waals surface area contributed by atoms with Crippen LogP contribution >= 0.6 is 24.2 Å². The predicted octanol–water partition coefficient (Wildman–Crippen LogP) is 2.99. The number of anilines is 1. The average Bonchev–Trinajstić information content (AvgIpc) is 2.53. The van der Waals surface area contributed by atoms with Crippen LogP contribution in [0.4, 0.5) is 5.69 Å². The van der Waals surface area contributed by atoms with Crippen molar-refractivity contribution in [3.8, 4) is 0 Å². The highest BCUT2D eigenvalue weighted by atomic mass is 35.5. The molecular weight excluding hydrogens is 346 g/mol. The third kappa shape index (κ3) is 4.88. The maximum atomic E-state index is 12.9. The third-order valence-corrected chi connectivity index (χ3v) is 5.05. The van der Waals surface area contributed by atoms with Crippen LogP contribution in [0.15, 0.2) is 23.1 Å². The van der Waals surface area contributed by atoms with E-state index < -0.39 is 0 Å². The lowest BCUT2D eigenvalue weighted by atomic mass is 9.92. The molecule has 3 N–H and O–H groups in total. The van der Waals surface area contributed by atoms with Crippen LogP contribution in [-0.2, 0) is 4.79 Å². The number of carbonyl (C=O) groups excluding carboxylic acids is 2. The molecule has 1 aliphatic heterocycles. The zero-order valence-electron chi connectivity index (χ0n) is 14.4. The molecule has 1 saturated heterocycles. The predicted molar refractivity (Wildman–Crippen MR) is 102 cm³/mol. The van der Waals surface area contributed by atoms with Crippen LogP contribution in [0.25, 0.3) is 0 Å². The molecule has 1 fully saturated rings. The Bertz CT molecular complexity index is 597. The number of benzene rings is 1. The highest BCUT2D eigenvalue weighted by molar-refractivity contribution is 7.98. The molecule has 0 spiro atoms. The molecule has 7 heteroatoms. The first-order chi connectivity index (χ1) is 11.0. The molecule has 0 saturated carbocycles. The molecule has 0 bridgehead atoms. The number of amides is 2. The Morgan fingerprint density at radius 2 is 2.12 bits per heavy atom. The molecule has 2 amide bonds. The van der Waals surface area contributed by atoms with Crippen LogP contribution in [0.3, 0.4) is 0 Å². The Kier molecular flexibility index (Phi) is 8.06. The van der Waals surface area contributed by atoms with Gasteiger partial charge in [-0.15, -0.1) is 24.2 Å². The topological polar surface area (TPSA) is 75.4 Å². The van der Waals surface area contributed by atoms with Crippen LogP contribution in [0.5, 0.6) is 0 Å². The molecule has 1 aromatic rings. The van der Waals surface area contributed by atoms with Crippen molar-refractivity contribution in [3.63, 3.8) is 0 Å². The first-order valence-electron chi connectivity index (χ1n) is 7.93. The van der Waals surface area contributed by atoms with Crippen molar-refractivity contribution in [1.29, 1.82) is 0 Å². The maximum absolute atomic E-state index is 12.9. The maximum Gasteiger partial charge on any atom is 0.254 e. The quantitative estimate of drug-likeness (QED) is 0.798. The molecule has 24 heavy (non-hydrogen) atoms. The van der Waals surface area contributed by atoms with Crippen LogP contribution < -0.4 is 11.1 Å². The zero-order chi connectivity index (χ0) is 17.0. The summed E-state index contributed by atoms with van der Waals surface area (Å²) in [5, 5.41) is 2.79. The highest BCUT2D eigenvalue weighted by Gasteiger charge is 2.29. The minimum atomic E-state index is -0.118. The number of carbonyl (C=O) groups is 2. The van der Waals surface area contributed by atoms with E-state index in [9.17, 15) is 9.59 Å². The van der Waals surface area contributed by atoms with Gasteiger partial charge in [0, 0.05) is 36.5 Å². The van der Waals surface area contributed by atoms with Gasteiger partial charge in [0.2, 0.25) is 5.91 Å². The number of likely N-dealkylation sites (tertiary alicyclic amines) is 1. The third-order valence-electron chi connectivity index (χ3n) is 4.27. The average molecular weight is 372 g/mol. The van der Waals surface area contributed by atoms with Gasteiger partial charge in [0.15, 0.2) is 0 Å². The van der Waals surface area contributed by atoms with Gasteiger partial charge in [-0.1, -0.05) is 6.92 Å². The number of halogens is 1. The standard InChI is InChI=1S/C17H25N3O2S.ClH/c1-11-6-7-20(14(8-11)10-18)17(22)13-4-5-15(19-12(2)21)16(9-13)23-3;/h4-5,9,11,14H,6-8,10,18H2,1-3H3,(H,19,21);1H. The summed E-state index contributed by atoms with van der Waals surface area (Å²) in [6, 6.07) is 5.53. The number of hydrogen-bond donors (Lipinski definition) is 2. The van der Waals surface area contributed by atoms with Crippen molar-refractivity contribution in [1.82, 2.24) is 4.90 Å². The van der Waals surface area contributed by atoms with E-state index in [4.69, 9.17) is 5.73 Å². The molecule has 0 aromatic heterocycles. The number of nitrogens with one attached hydrogen (secondary N) is 1. The van der Waals surface area contributed by atoms with E-state index in [1.165, 1.54) is 18.7 Å². The smallest absolute Gasteiger partial charge is 0.254 e. The van der Waals surface area contributed by atoms with E-state index in [-0.39, 0.29) is 30.3 Å². The lowest BCUT2D eigenvalue weighted by Gasteiger charge is -2.38. The van der Waals surface area contributed by atoms with Gasteiger partial charge in [-0.05, 0) is 43.2 Å². The number of hydrogen-bond acceptors (Lipinski definition) is 4. The summed E-state index contributed by atoms with van der Waals surface area (Å²) in [4.78, 5) is 26.9. The Morgan fingerprint density at radius 3 is 2.71 bits per heavy atom. The van der Waals surface area contributed by atoms with Crippen LogP contribution in [-0.4, -0.2) is 42.1 Å². The summed E-state index contributed by atoms with van der Waals surface area (Å²) >= 11 is 1.51. The molecule has 2 unspecified atom stereocenters. The van der Waals surface area contributed by atoms with Crippen molar-refractivity contribution >= 4 is 41.7 Å². The second kappa shape index (κ2) is 9.30. The SMILES string of the molecule is CSc1cc(C(=O)N2CCC(C)CC2CN)ccc1NC(C)=O.Cl. The lowest BCUT2D eigenvalue weighted by Crippen LogP contribution is -2.49. The second-order valence-corrected chi connectivity index (χ2v) is 6.96. The van der Waals surface area contributed by atoms with Gasteiger partial charge < -0.3 is 16.0 Å². The summed E-state index contributed by atoms with van der Waals surface area (Å²) in [5.74, 6) is 0.515. The van der Waals surface area contributed by atoms with Gasteiger partial charge in [0.05, 0.1) is 5.69 Å². The van der Waals surface area contributed by atoms with E-state index in [1.807, 2.05) is 17.2 Å². The van der Waals surface area contributed by atoms with Crippen LogP contribution in [0.1, 0.15) is 37.0 Å². The summed E-state index contributed by atoms with van der Waals surface area (Å²) in [7, 11) is 0. The number of nitrogens with two attached hydrogens (primary N) is 1. The minimum Gasteiger partial charge on any atom is -0.334 e. The zero-order valence-corrected chi connectivity index (χ0v) is 16.0. The number of piperidine rings is 1. The molecular formula is C17H26ClN3O2S. The number of thioether (sulfide) groups is 1. The normalized spacial score (nSPS) is 20.2.